The van der Waals surface area contributed by atoms with E-state index in [1.165, 1.54) is 5.57 Å². The maximum Gasteiger partial charge on any atom is 0.140 e. The zero-order valence-corrected chi connectivity index (χ0v) is 4.68. The molecule has 0 amide bonds. The molecule has 0 aromatic heterocycles. The fraction of sp³-hybridized carbons (Fsp3) is 0.571. The Balaban J connectivity index is 2.30. The van der Waals surface area contributed by atoms with E-state index in [0.717, 1.165) is 19.3 Å². The van der Waals surface area contributed by atoms with Crippen LogP contribution in [-0.2, 0) is 4.79 Å². The minimum atomic E-state index is 0.440. The zero-order valence-electron chi connectivity index (χ0n) is 4.68. The molecule has 0 saturated heterocycles. The summed E-state index contributed by atoms with van der Waals surface area (Å²) >= 11 is 0. The third-order valence-corrected chi connectivity index (χ3v) is 2.06. The Kier molecular flexibility index (Phi) is 0.655. The van der Waals surface area contributed by atoms with Crippen molar-refractivity contribution in [3.05, 3.63) is 11.6 Å². The lowest BCUT2D eigenvalue weighted by molar-refractivity contribution is -0.124. The van der Waals surface area contributed by atoms with Crippen LogP contribution in [0.5, 0.6) is 0 Å². The van der Waals surface area contributed by atoms with Crippen LogP contribution in [0.1, 0.15) is 19.3 Å². The number of allylic oxidation sites excluding steroid dienone is 2. The summed E-state index contributed by atoms with van der Waals surface area (Å²) in [5.74, 6) is 0.898. The van der Waals surface area contributed by atoms with Crippen molar-refractivity contribution in [1.82, 2.24) is 0 Å². The molecule has 1 heteroatoms. The molecule has 8 heavy (non-hydrogen) atoms. The lowest BCUT2D eigenvalue weighted by Gasteiger charge is -2.31. The molecule has 0 aromatic rings. The second-order valence-corrected chi connectivity index (χ2v) is 2.64. The molecule has 0 aliphatic heterocycles. The molecule has 0 radical (unpaired) electrons. The van der Waals surface area contributed by atoms with E-state index in [0.29, 0.717) is 11.7 Å². The Morgan fingerprint density at radius 2 is 2.25 bits per heavy atom. The normalized spacial score (nSPS) is 27.0. The maximum atomic E-state index is 10.8. The SMILES string of the molecule is O=C1CC=C2CC1C2. The van der Waals surface area contributed by atoms with E-state index in [4.69, 9.17) is 0 Å². The number of hydrogen-bond donors (Lipinski definition) is 0. The van der Waals surface area contributed by atoms with Crippen LogP contribution >= 0.6 is 0 Å². The van der Waals surface area contributed by atoms with Crippen molar-refractivity contribution < 1.29 is 4.79 Å². The van der Waals surface area contributed by atoms with Crippen molar-refractivity contribution in [2.45, 2.75) is 19.3 Å². The molecule has 0 unspecified atom stereocenters. The predicted octanol–water partition coefficient (Wildman–Crippen LogP) is 1.30. The standard InChI is InChI=1S/C7H8O/c8-7-2-1-5-3-6(7)4-5/h1,6H,2-4H2. The minimum absolute atomic E-state index is 0.440. The van der Waals surface area contributed by atoms with Crippen molar-refractivity contribution in [3.63, 3.8) is 0 Å². The van der Waals surface area contributed by atoms with Crippen molar-refractivity contribution in [2.75, 3.05) is 0 Å². The molecule has 2 bridgehead atoms. The molecule has 0 atom stereocenters. The van der Waals surface area contributed by atoms with Gasteiger partial charge in [-0.2, -0.15) is 0 Å². The Hall–Kier alpha value is -0.590. The molecule has 0 N–H and O–H groups in total. The summed E-state index contributed by atoms with van der Waals surface area (Å²) in [5, 5.41) is 0. The van der Waals surface area contributed by atoms with Crippen LogP contribution < -0.4 is 0 Å². The lowest BCUT2D eigenvalue weighted by Crippen LogP contribution is -2.28. The van der Waals surface area contributed by atoms with Crippen LogP contribution in [0.3, 0.4) is 0 Å². The summed E-state index contributed by atoms with van der Waals surface area (Å²) in [6.45, 7) is 0. The first kappa shape index (κ1) is 4.30. The monoisotopic (exact) mass is 108 g/mol. The topological polar surface area (TPSA) is 17.1 Å². The van der Waals surface area contributed by atoms with Crippen molar-refractivity contribution in [1.29, 1.82) is 0 Å². The van der Waals surface area contributed by atoms with E-state index in [1.54, 1.807) is 0 Å². The molecule has 3 aliphatic carbocycles. The summed E-state index contributed by atoms with van der Waals surface area (Å²) in [6.07, 6.45) is 4.97. The van der Waals surface area contributed by atoms with Crippen LogP contribution in [0.2, 0.25) is 0 Å². The van der Waals surface area contributed by atoms with Gasteiger partial charge in [-0.3, -0.25) is 4.79 Å². The van der Waals surface area contributed by atoms with Crippen LogP contribution in [0.25, 0.3) is 0 Å². The van der Waals surface area contributed by atoms with E-state index in [-0.39, 0.29) is 0 Å². The van der Waals surface area contributed by atoms with Gasteiger partial charge in [-0.15, -0.1) is 0 Å². The molecular formula is C7H8O. The molecule has 0 heterocycles. The second-order valence-electron chi connectivity index (χ2n) is 2.64. The summed E-state index contributed by atoms with van der Waals surface area (Å²) < 4.78 is 0. The average molecular weight is 108 g/mol. The number of hydrogen-bond acceptors (Lipinski definition) is 1. The Bertz CT molecular complexity index is 159. The minimum Gasteiger partial charge on any atom is -0.299 e. The number of carbonyl (C=O) groups is 1. The Morgan fingerprint density at radius 1 is 1.50 bits per heavy atom. The van der Waals surface area contributed by atoms with Crippen molar-refractivity contribution in [2.24, 2.45) is 5.92 Å². The van der Waals surface area contributed by atoms with E-state index in [9.17, 15) is 4.79 Å². The first-order valence-electron chi connectivity index (χ1n) is 3.07. The molecule has 3 aliphatic rings. The van der Waals surface area contributed by atoms with Gasteiger partial charge in [-0.25, -0.2) is 0 Å². The Morgan fingerprint density at radius 3 is 2.50 bits per heavy atom. The molecule has 1 nitrogen and oxygen atoms in total. The number of fused-ring (bicyclic) bond motifs is 2. The van der Waals surface area contributed by atoms with Crippen molar-refractivity contribution >= 4 is 5.78 Å². The van der Waals surface area contributed by atoms with Gasteiger partial charge in [0.2, 0.25) is 0 Å². The number of carbonyl (C=O) groups excluding carboxylic acids is 1. The zero-order chi connectivity index (χ0) is 5.56. The summed E-state index contributed by atoms with van der Waals surface area (Å²) in [7, 11) is 0. The third kappa shape index (κ3) is 0.391. The van der Waals surface area contributed by atoms with Crippen molar-refractivity contribution in [3.8, 4) is 0 Å². The average Bonchev–Trinajstić information content (AvgIpc) is 1.62. The fourth-order valence-electron chi connectivity index (χ4n) is 1.38. The molecule has 3 rings (SSSR count). The number of ketones is 1. The highest BCUT2D eigenvalue weighted by Gasteiger charge is 2.32. The van der Waals surface area contributed by atoms with Crippen LogP contribution in [0.15, 0.2) is 11.6 Å². The summed E-state index contributed by atoms with van der Waals surface area (Å²) in [6, 6.07) is 0. The van der Waals surface area contributed by atoms with E-state index >= 15 is 0 Å². The molecule has 0 spiro atoms. The summed E-state index contributed by atoms with van der Waals surface area (Å²) in [4.78, 5) is 10.8. The predicted molar refractivity (Wildman–Crippen MR) is 30.4 cm³/mol. The number of Topliss-reactive ketones (excluding diaryl/α,β-unsaturated/α-hetero) is 1. The third-order valence-electron chi connectivity index (χ3n) is 2.06. The van der Waals surface area contributed by atoms with E-state index < -0.39 is 0 Å². The highest BCUT2D eigenvalue weighted by Crippen LogP contribution is 2.38. The van der Waals surface area contributed by atoms with E-state index in [1.807, 2.05) is 0 Å². The van der Waals surface area contributed by atoms with Gasteiger partial charge < -0.3 is 0 Å². The van der Waals surface area contributed by atoms with Gasteiger partial charge in [0, 0.05) is 12.3 Å². The molecule has 1 fully saturated rings. The van der Waals surface area contributed by atoms with Gasteiger partial charge in [-0.1, -0.05) is 11.6 Å². The van der Waals surface area contributed by atoms with Gasteiger partial charge in [0.25, 0.3) is 0 Å². The molecule has 1 saturated carbocycles. The maximum absolute atomic E-state index is 10.8. The molecular weight excluding hydrogens is 100 g/mol. The van der Waals surface area contributed by atoms with Gasteiger partial charge in [-0.05, 0) is 12.8 Å². The summed E-state index contributed by atoms with van der Waals surface area (Å²) in [5.41, 5.74) is 1.51. The first-order valence-corrected chi connectivity index (χ1v) is 3.07. The Labute approximate surface area is 48.4 Å². The fourth-order valence-corrected chi connectivity index (χ4v) is 1.38. The first-order chi connectivity index (χ1) is 3.86. The highest BCUT2D eigenvalue weighted by atomic mass is 16.1. The van der Waals surface area contributed by atoms with Gasteiger partial charge >= 0.3 is 0 Å². The van der Waals surface area contributed by atoms with Gasteiger partial charge in [0.15, 0.2) is 0 Å². The van der Waals surface area contributed by atoms with Crippen LogP contribution in [0, 0.1) is 5.92 Å². The van der Waals surface area contributed by atoms with Crippen LogP contribution in [-0.4, -0.2) is 5.78 Å². The number of rotatable bonds is 0. The van der Waals surface area contributed by atoms with E-state index in [2.05, 4.69) is 6.08 Å². The lowest BCUT2D eigenvalue weighted by atomic mass is 9.72. The van der Waals surface area contributed by atoms with Crippen LogP contribution in [0.4, 0.5) is 0 Å². The smallest absolute Gasteiger partial charge is 0.140 e. The molecule has 42 valence electrons. The quantitative estimate of drug-likeness (QED) is 0.427. The second kappa shape index (κ2) is 1.22. The van der Waals surface area contributed by atoms with Gasteiger partial charge in [0.05, 0.1) is 0 Å². The largest absolute Gasteiger partial charge is 0.299 e. The molecule has 0 aromatic carbocycles. The highest BCUT2D eigenvalue weighted by molar-refractivity contribution is 5.86. The van der Waals surface area contributed by atoms with Gasteiger partial charge in [0.1, 0.15) is 5.78 Å².